The molecule has 3 rings (SSSR count). The van der Waals surface area contributed by atoms with E-state index in [9.17, 15) is 26.4 Å². The lowest BCUT2D eigenvalue weighted by Gasteiger charge is -2.36. The predicted octanol–water partition coefficient (Wildman–Crippen LogP) is 2.82. The van der Waals surface area contributed by atoms with Crippen LogP contribution in [0.15, 0.2) is 46.7 Å². The van der Waals surface area contributed by atoms with E-state index in [-0.39, 0.29) is 0 Å². The van der Waals surface area contributed by atoms with Gasteiger partial charge in [-0.1, -0.05) is 18.2 Å². The molecular formula is C20H24F3N3O3S2. The Morgan fingerprint density at radius 1 is 1.13 bits per heavy atom. The van der Waals surface area contributed by atoms with E-state index < -0.39 is 38.6 Å². The average molecular weight is 476 g/mol. The number of amides is 1. The number of halogens is 3. The van der Waals surface area contributed by atoms with Gasteiger partial charge in [0.2, 0.25) is 15.9 Å². The molecule has 2 aromatic rings. The largest absolute Gasteiger partial charge is 0.417 e. The Labute approximate surface area is 183 Å². The van der Waals surface area contributed by atoms with E-state index in [0.29, 0.717) is 32.2 Å². The highest BCUT2D eigenvalue weighted by Crippen LogP contribution is 2.33. The van der Waals surface area contributed by atoms with Gasteiger partial charge in [0.25, 0.3) is 0 Å². The van der Waals surface area contributed by atoms with Crippen LogP contribution in [-0.4, -0.2) is 62.9 Å². The summed E-state index contributed by atoms with van der Waals surface area (Å²) in [5, 5.41) is 2.03. The first kappa shape index (κ1) is 23.7. The van der Waals surface area contributed by atoms with Gasteiger partial charge in [-0.15, -0.1) is 11.3 Å². The second-order valence-electron chi connectivity index (χ2n) is 7.33. The van der Waals surface area contributed by atoms with E-state index in [0.717, 1.165) is 25.1 Å². The third-order valence-electron chi connectivity index (χ3n) is 5.12. The van der Waals surface area contributed by atoms with Crippen LogP contribution in [0.4, 0.5) is 13.2 Å². The number of nitrogens with one attached hydrogen (secondary N) is 1. The van der Waals surface area contributed by atoms with Gasteiger partial charge < -0.3 is 4.90 Å². The zero-order chi connectivity index (χ0) is 22.6. The summed E-state index contributed by atoms with van der Waals surface area (Å²) in [6.07, 6.45) is -3.89. The fourth-order valence-corrected chi connectivity index (χ4v) is 5.59. The minimum atomic E-state index is -4.82. The maximum Gasteiger partial charge on any atom is 0.417 e. The summed E-state index contributed by atoms with van der Waals surface area (Å²) in [7, 11) is -4.53. The maximum absolute atomic E-state index is 13.2. The molecule has 0 bridgehead atoms. The van der Waals surface area contributed by atoms with Crippen LogP contribution in [-0.2, 0) is 27.4 Å². The van der Waals surface area contributed by atoms with Gasteiger partial charge in [-0.25, -0.2) is 8.42 Å². The van der Waals surface area contributed by atoms with E-state index in [1.54, 1.807) is 16.2 Å². The molecular weight excluding hydrogens is 451 g/mol. The molecule has 1 aromatic heterocycles. The molecule has 1 fully saturated rings. The Morgan fingerprint density at radius 3 is 2.42 bits per heavy atom. The van der Waals surface area contributed by atoms with Gasteiger partial charge in [0.15, 0.2) is 0 Å². The first-order chi connectivity index (χ1) is 14.6. The van der Waals surface area contributed by atoms with Crippen molar-refractivity contribution in [3.63, 3.8) is 0 Å². The van der Waals surface area contributed by atoms with Gasteiger partial charge in [0.05, 0.1) is 16.5 Å². The highest BCUT2D eigenvalue weighted by Gasteiger charge is 2.38. The number of benzene rings is 1. The molecule has 1 aromatic carbocycles. The number of nitrogens with zero attached hydrogens (tertiary/aromatic N) is 2. The van der Waals surface area contributed by atoms with Crippen molar-refractivity contribution in [2.24, 2.45) is 0 Å². The standard InChI is InChI=1S/C20H24F3N3O3S2/c1-15(24-31(28,29)18-7-3-2-6-17(18)20(21,22)23)19(27)26-12-10-25(11-13-26)9-8-16-5-4-14-30-16/h2-7,14-15,24H,8-13H2,1H3/t15-/m0/s1. The molecule has 0 aliphatic carbocycles. The van der Waals surface area contributed by atoms with Gasteiger partial charge in [-0.05, 0) is 36.9 Å². The summed E-state index contributed by atoms with van der Waals surface area (Å²) in [4.78, 5) is 16.9. The van der Waals surface area contributed by atoms with Crippen molar-refractivity contribution in [1.82, 2.24) is 14.5 Å². The number of hydrogen-bond donors (Lipinski definition) is 1. The molecule has 0 unspecified atom stereocenters. The molecule has 0 saturated carbocycles. The van der Waals surface area contributed by atoms with Crippen LogP contribution in [0.5, 0.6) is 0 Å². The second kappa shape index (κ2) is 9.68. The van der Waals surface area contributed by atoms with Gasteiger partial charge in [-0.2, -0.15) is 17.9 Å². The highest BCUT2D eigenvalue weighted by molar-refractivity contribution is 7.89. The van der Waals surface area contributed by atoms with Crippen LogP contribution in [0.2, 0.25) is 0 Å². The molecule has 6 nitrogen and oxygen atoms in total. The van der Waals surface area contributed by atoms with Gasteiger partial charge >= 0.3 is 6.18 Å². The number of carbonyl (C=O) groups is 1. The molecule has 1 aliphatic heterocycles. The summed E-state index contributed by atoms with van der Waals surface area (Å²) in [5.74, 6) is -0.453. The van der Waals surface area contributed by atoms with E-state index in [1.165, 1.54) is 17.9 Å². The van der Waals surface area contributed by atoms with Crippen molar-refractivity contribution in [2.45, 2.75) is 30.5 Å². The number of hydrogen-bond acceptors (Lipinski definition) is 5. The third-order valence-corrected chi connectivity index (χ3v) is 7.66. The Hall–Kier alpha value is -1.95. The number of alkyl halides is 3. The molecule has 0 radical (unpaired) electrons. The molecule has 170 valence electrons. The lowest BCUT2D eigenvalue weighted by Crippen LogP contribution is -2.54. The molecule has 0 spiro atoms. The van der Waals surface area contributed by atoms with Crippen molar-refractivity contribution in [1.29, 1.82) is 0 Å². The second-order valence-corrected chi connectivity index (χ2v) is 10.0. The summed E-state index contributed by atoms with van der Waals surface area (Å²) in [6.45, 7) is 4.42. The van der Waals surface area contributed by atoms with Gasteiger partial charge in [0, 0.05) is 37.6 Å². The fraction of sp³-hybridized carbons (Fsp3) is 0.450. The lowest BCUT2D eigenvalue weighted by molar-refractivity contribution is -0.139. The zero-order valence-electron chi connectivity index (χ0n) is 16.9. The SMILES string of the molecule is C[C@H](NS(=O)(=O)c1ccccc1C(F)(F)F)C(=O)N1CCN(CCc2cccs2)CC1. The van der Waals surface area contributed by atoms with Crippen molar-refractivity contribution in [2.75, 3.05) is 32.7 Å². The van der Waals surface area contributed by atoms with E-state index in [4.69, 9.17) is 0 Å². The Balaban J connectivity index is 1.57. The van der Waals surface area contributed by atoms with Crippen molar-refractivity contribution < 1.29 is 26.4 Å². The summed E-state index contributed by atoms with van der Waals surface area (Å²) in [6, 6.07) is 6.83. The minimum absolute atomic E-state index is 0.439. The van der Waals surface area contributed by atoms with E-state index in [1.807, 2.05) is 11.4 Å². The Bertz CT molecular complexity index is 987. The molecule has 31 heavy (non-hydrogen) atoms. The summed E-state index contributed by atoms with van der Waals surface area (Å²) >= 11 is 1.70. The number of rotatable bonds is 7. The van der Waals surface area contributed by atoms with Gasteiger partial charge in [-0.3, -0.25) is 9.69 Å². The summed E-state index contributed by atoms with van der Waals surface area (Å²) < 4.78 is 66.8. The highest BCUT2D eigenvalue weighted by atomic mass is 32.2. The number of sulfonamides is 1. The topological polar surface area (TPSA) is 69.7 Å². The molecule has 1 amide bonds. The molecule has 1 N–H and O–H groups in total. The molecule has 1 saturated heterocycles. The number of piperazine rings is 1. The molecule has 2 heterocycles. The van der Waals surface area contributed by atoms with Crippen molar-refractivity contribution in [3.05, 3.63) is 52.2 Å². The smallest absolute Gasteiger partial charge is 0.339 e. The summed E-state index contributed by atoms with van der Waals surface area (Å²) in [5.41, 5.74) is -1.26. The number of thiophene rings is 1. The van der Waals surface area contributed by atoms with Crippen LogP contribution < -0.4 is 4.72 Å². The van der Waals surface area contributed by atoms with E-state index in [2.05, 4.69) is 15.7 Å². The minimum Gasteiger partial charge on any atom is -0.339 e. The Kier molecular flexibility index (Phi) is 7.40. The average Bonchev–Trinajstić information content (AvgIpc) is 3.25. The van der Waals surface area contributed by atoms with Crippen LogP contribution in [0.3, 0.4) is 0 Å². The molecule has 1 aliphatic rings. The Morgan fingerprint density at radius 2 is 1.81 bits per heavy atom. The van der Waals surface area contributed by atoms with Crippen molar-refractivity contribution >= 4 is 27.3 Å². The first-order valence-corrected chi connectivity index (χ1v) is 12.2. The quantitative estimate of drug-likeness (QED) is 0.669. The number of carbonyl (C=O) groups excluding carboxylic acids is 1. The van der Waals surface area contributed by atoms with Crippen LogP contribution in [0.1, 0.15) is 17.4 Å². The first-order valence-electron chi connectivity index (χ1n) is 9.80. The van der Waals surface area contributed by atoms with Crippen LogP contribution >= 0.6 is 11.3 Å². The van der Waals surface area contributed by atoms with Crippen molar-refractivity contribution in [3.8, 4) is 0 Å². The fourth-order valence-electron chi connectivity index (χ4n) is 3.47. The van der Waals surface area contributed by atoms with Gasteiger partial charge in [0.1, 0.15) is 0 Å². The third kappa shape index (κ3) is 6.06. The lowest BCUT2D eigenvalue weighted by atomic mass is 10.2. The van der Waals surface area contributed by atoms with Crippen LogP contribution in [0, 0.1) is 0 Å². The normalized spacial score (nSPS) is 17.0. The van der Waals surface area contributed by atoms with Crippen LogP contribution in [0.25, 0.3) is 0 Å². The maximum atomic E-state index is 13.2. The van der Waals surface area contributed by atoms with E-state index >= 15 is 0 Å². The predicted molar refractivity (Wildman–Crippen MR) is 112 cm³/mol. The monoisotopic (exact) mass is 475 g/mol. The molecule has 1 atom stereocenters. The zero-order valence-corrected chi connectivity index (χ0v) is 18.6. The molecule has 11 heteroatoms.